The molecule has 0 radical (unpaired) electrons. The Hall–Kier alpha value is -0.570. The second kappa shape index (κ2) is 4.09. The molecule has 1 aliphatic rings. The number of carbonyl (C=O) groups excluding carboxylic acids is 1. The number of rotatable bonds is 2. The molecule has 0 saturated heterocycles. The summed E-state index contributed by atoms with van der Waals surface area (Å²) in [4.78, 5) is 10.8. The predicted molar refractivity (Wildman–Crippen MR) is 53.0 cm³/mol. The van der Waals surface area contributed by atoms with Gasteiger partial charge in [-0.25, -0.2) is 0 Å². The molecule has 0 spiro atoms. The molecule has 0 aliphatic heterocycles. The number of hydrogen-bond donors (Lipinski definition) is 2. The van der Waals surface area contributed by atoms with Gasteiger partial charge in [-0.15, -0.1) is 0 Å². The van der Waals surface area contributed by atoms with Crippen molar-refractivity contribution < 1.29 is 4.79 Å². The summed E-state index contributed by atoms with van der Waals surface area (Å²) in [5, 5.41) is 0. The maximum atomic E-state index is 10.8. The maximum Gasteiger partial charge on any atom is 0.219 e. The van der Waals surface area contributed by atoms with Gasteiger partial charge in [0, 0.05) is 12.0 Å². The van der Waals surface area contributed by atoms with Crippen molar-refractivity contribution in [2.24, 2.45) is 17.4 Å². The Bertz CT molecular complexity index is 193. The van der Waals surface area contributed by atoms with Gasteiger partial charge in [0.15, 0.2) is 0 Å². The highest BCUT2D eigenvalue weighted by Gasteiger charge is 2.29. The van der Waals surface area contributed by atoms with E-state index in [4.69, 9.17) is 11.5 Å². The number of carbonyl (C=O) groups is 1. The Morgan fingerprint density at radius 3 is 2.77 bits per heavy atom. The third kappa shape index (κ3) is 3.35. The normalized spacial score (nSPS) is 35.4. The molecule has 1 saturated carbocycles. The molecule has 3 nitrogen and oxygen atoms in total. The van der Waals surface area contributed by atoms with Crippen molar-refractivity contribution in [3.63, 3.8) is 0 Å². The summed E-state index contributed by atoms with van der Waals surface area (Å²) in [5.41, 5.74) is 11.0. The minimum atomic E-state index is -0.309. The van der Waals surface area contributed by atoms with Crippen molar-refractivity contribution in [3.8, 4) is 0 Å². The molecule has 76 valence electrons. The Kier molecular flexibility index (Phi) is 3.31. The monoisotopic (exact) mass is 184 g/mol. The molecule has 0 aromatic rings. The van der Waals surface area contributed by atoms with E-state index in [9.17, 15) is 4.79 Å². The average Bonchev–Trinajstić information content (AvgIpc) is 2.12. The van der Waals surface area contributed by atoms with Crippen LogP contribution in [0.25, 0.3) is 0 Å². The lowest BCUT2D eigenvalue weighted by molar-refractivity contribution is -0.119. The molecule has 0 bridgehead atoms. The van der Waals surface area contributed by atoms with Crippen molar-refractivity contribution in [2.45, 2.75) is 51.0 Å². The highest BCUT2D eigenvalue weighted by atomic mass is 16.1. The van der Waals surface area contributed by atoms with Gasteiger partial charge in [-0.3, -0.25) is 4.79 Å². The molecule has 0 aromatic heterocycles. The molecule has 1 amide bonds. The highest BCUT2D eigenvalue weighted by molar-refractivity contribution is 5.75. The fraction of sp³-hybridized carbons (Fsp3) is 0.900. The van der Waals surface area contributed by atoms with E-state index < -0.39 is 0 Å². The van der Waals surface area contributed by atoms with Crippen LogP contribution in [-0.4, -0.2) is 11.4 Å². The number of primary amides is 1. The van der Waals surface area contributed by atoms with E-state index in [0.29, 0.717) is 6.42 Å². The average molecular weight is 184 g/mol. The van der Waals surface area contributed by atoms with Gasteiger partial charge < -0.3 is 11.5 Å². The van der Waals surface area contributed by atoms with Crippen LogP contribution in [0, 0.1) is 5.92 Å². The van der Waals surface area contributed by atoms with E-state index in [1.165, 1.54) is 6.42 Å². The van der Waals surface area contributed by atoms with E-state index in [2.05, 4.69) is 6.92 Å². The van der Waals surface area contributed by atoms with Gasteiger partial charge in [0.25, 0.3) is 0 Å². The van der Waals surface area contributed by atoms with Crippen LogP contribution in [0.1, 0.15) is 45.4 Å². The first-order chi connectivity index (χ1) is 6.02. The second-order valence-corrected chi connectivity index (χ2v) is 4.54. The van der Waals surface area contributed by atoms with Crippen molar-refractivity contribution in [2.75, 3.05) is 0 Å². The predicted octanol–water partition coefficient (Wildman–Crippen LogP) is 1.16. The zero-order chi connectivity index (χ0) is 9.90. The first-order valence-electron chi connectivity index (χ1n) is 5.09. The largest absolute Gasteiger partial charge is 0.370 e. The summed E-state index contributed by atoms with van der Waals surface area (Å²) in [6.45, 7) is 2.25. The quantitative estimate of drug-likeness (QED) is 0.632. The Labute approximate surface area is 79.9 Å². The van der Waals surface area contributed by atoms with E-state index in [0.717, 1.165) is 31.6 Å². The lowest BCUT2D eigenvalue weighted by Gasteiger charge is -2.26. The summed E-state index contributed by atoms with van der Waals surface area (Å²) < 4.78 is 0. The van der Waals surface area contributed by atoms with Crippen molar-refractivity contribution in [1.29, 1.82) is 0 Å². The second-order valence-electron chi connectivity index (χ2n) is 4.54. The zero-order valence-corrected chi connectivity index (χ0v) is 8.38. The van der Waals surface area contributed by atoms with Crippen LogP contribution in [0.4, 0.5) is 0 Å². The van der Waals surface area contributed by atoms with Crippen LogP contribution in [0.2, 0.25) is 0 Å². The summed E-state index contributed by atoms with van der Waals surface area (Å²) in [6.07, 6.45) is 5.73. The summed E-state index contributed by atoms with van der Waals surface area (Å²) in [6, 6.07) is 0. The van der Waals surface area contributed by atoms with Gasteiger partial charge in [0.1, 0.15) is 0 Å². The van der Waals surface area contributed by atoms with Crippen molar-refractivity contribution in [1.82, 2.24) is 0 Å². The van der Waals surface area contributed by atoms with Crippen LogP contribution in [-0.2, 0) is 4.79 Å². The van der Waals surface area contributed by atoms with Crippen LogP contribution >= 0.6 is 0 Å². The van der Waals surface area contributed by atoms with E-state index in [-0.39, 0.29) is 11.4 Å². The Morgan fingerprint density at radius 2 is 2.15 bits per heavy atom. The van der Waals surface area contributed by atoms with Gasteiger partial charge in [0.05, 0.1) is 0 Å². The minimum absolute atomic E-state index is 0.267. The number of nitrogens with two attached hydrogens (primary N) is 2. The van der Waals surface area contributed by atoms with Gasteiger partial charge in [-0.05, 0) is 25.2 Å². The first kappa shape index (κ1) is 10.5. The molecule has 2 unspecified atom stereocenters. The fourth-order valence-corrected chi connectivity index (χ4v) is 2.13. The molecular formula is C10H20N2O. The van der Waals surface area contributed by atoms with Crippen LogP contribution in [0.3, 0.4) is 0 Å². The smallest absolute Gasteiger partial charge is 0.219 e. The molecular weight excluding hydrogens is 164 g/mol. The first-order valence-corrected chi connectivity index (χ1v) is 5.09. The molecule has 1 fully saturated rings. The Balaban J connectivity index is 2.52. The third-order valence-corrected chi connectivity index (χ3v) is 3.03. The highest BCUT2D eigenvalue weighted by Crippen LogP contribution is 2.30. The standard InChI is InChI=1S/C10H20N2O/c1-8-3-2-5-10(12,6-4-8)7-9(11)13/h8H,2-7,12H2,1H3,(H2,11,13). The van der Waals surface area contributed by atoms with Crippen LogP contribution in [0.5, 0.6) is 0 Å². The molecule has 13 heavy (non-hydrogen) atoms. The Morgan fingerprint density at radius 1 is 1.46 bits per heavy atom. The van der Waals surface area contributed by atoms with Gasteiger partial charge in [-0.1, -0.05) is 19.8 Å². The summed E-state index contributed by atoms with van der Waals surface area (Å²) >= 11 is 0. The molecule has 2 atom stereocenters. The molecule has 1 rings (SSSR count). The lowest BCUT2D eigenvalue weighted by atomic mass is 9.87. The molecule has 4 N–H and O–H groups in total. The number of amides is 1. The molecule has 0 heterocycles. The summed E-state index contributed by atoms with van der Waals surface area (Å²) in [5.74, 6) is 0.482. The third-order valence-electron chi connectivity index (χ3n) is 3.03. The summed E-state index contributed by atoms with van der Waals surface area (Å²) in [7, 11) is 0. The molecule has 0 aromatic carbocycles. The molecule has 1 aliphatic carbocycles. The maximum absolute atomic E-state index is 10.8. The van der Waals surface area contributed by atoms with Gasteiger partial charge in [-0.2, -0.15) is 0 Å². The van der Waals surface area contributed by atoms with Crippen LogP contribution in [0.15, 0.2) is 0 Å². The van der Waals surface area contributed by atoms with Crippen LogP contribution < -0.4 is 11.5 Å². The molecule has 3 heteroatoms. The zero-order valence-electron chi connectivity index (χ0n) is 8.38. The van der Waals surface area contributed by atoms with E-state index in [1.807, 2.05) is 0 Å². The lowest BCUT2D eigenvalue weighted by Crippen LogP contribution is -2.43. The SMILES string of the molecule is CC1CCCC(N)(CC(N)=O)CC1. The van der Waals surface area contributed by atoms with E-state index >= 15 is 0 Å². The number of hydrogen-bond acceptors (Lipinski definition) is 2. The fourth-order valence-electron chi connectivity index (χ4n) is 2.13. The minimum Gasteiger partial charge on any atom is -0.370 e. The van der Waals surface area contributed by atoms with Crippen molar-refractivity contribution >= 4 is 5.91 Å². The van der Waals surface area contributed by atoms with Crippen molar-refractivity contribution in [3.05, 3.63) is 0 Å². The van der Waals surface area contributed by atoms with Gasteiger partial charge in [0.2, 0.25) is 5.91 Å². The topological polar surface area (TPSA) is 69.1 Å². The van der Waals surface area contributed by atoms with E-state index in [1.54, 1.807) is 0 Å². The van der Waals surface area contributed by atoms with Gasteiger partial charge >= 0.3 is 0 Å².